The molecule has 23 heavy (non-hydrogen) atoms. The number of hydrogen-bond acceptors (Lipinski definition) is 4. The van der Waals surface area contributed by atoms with Crippen LogP contribution in [-0.4, -0.2) is 30.0 Å². The molecular formula is C18H21NO4. The number of amides is 1. The fourth-order valence-electron chi connectivity index (χ4n) is 2.91. The summed E-state index contributed by atoms with van der Waals surface area (Å²) in [5.41, 5.74) is 2.48. The lowest BCUT2D eigenvalue weighted by Crippen LogP contribution is -2.51. The van der Waals surface area contributed by atoms with Crippen LogP contribution in [0.3, 0.4) is 0 Å². The fraction of sp³-hybridized carbons (Fsp3) is 0.444. The summed E-state index contributed by atoms with van der Waals surface area (Å²) in [6, 6.07) is 3.99. The van der Waals surface area contributed by atoms with Crippen LogP contribution in [0.2, 0.25) is 0 Å². The molecule has 3 rings (SSSR count). The summed E-state index contributed by atoms with van der Waals surface area (Å²) >= 11 is 0. The molecule has 0 N–H and O–H groups in total. The van der Waals surface area contributed by atoms with Crippen LogP contribution in [-0.2, 0) is 4.79 Å². The standard InChI is InChI=1S/C18H21NO4/c1-10-7-14(22-9-16(20)19-6-5-11(19)2)17-12(3)13(4)18(21)23-15(17)8-10/h7-8,11H,5-6,9H2,1-4H3. The molecule has 5 heteroatoms. The second kappa shape index (κ2) is 5.72. The molecule has 1 aliphatic heterocycles. The molecule has 0 aliphatic carbocycles. The monoisotopic (exact) mass is 315 g/mol. The zero-order valence-electron chi connectivity index (χ0n) is 13.9. The van der Waals surface area contributed by atoms with Crippen LogP contribution in [0.1, 0.15) is 30.0 Å². The lowest BCUT2D eigenvalue weighted by Gasteiger charge is -2.38. The van der Waals surface area contributed by atoms with E-state index in [1.165, 1.54) is 0 Å². The van der Waals surface area contributed by atoms with E-state index >= 15 is 0 Å². The summed E-state index contributed by atoms with van der Waals surface area (Å²) in [4.78, 5) is 25.8. The number of nitrogens with zero attached hydrogens (tertiary/aromatic N) is 1. The van der Waals surface area contributed by atoms with Gasteiger partial charge >= 0.3 is 5.63 Å². The van der Waals surface area contributed by atoms with Crippen molar-refractivity contribution in [2.45, 2.75) is 40.2 Å². The molecule has 0 radical (unpaired) electrons. The summed E-state index contributed by atoms with van der Waals surface area (Å²) in [6.07, 6.45) is 1.04. The first-order chi connectivity index (χ1) is 10.9. The van der Waals surface area contributed by atoms with Crippen molar-refractivity contribution < 1.29 is 13.9 Å². The molecular weight excluding hydrogens is 294 g/mol. The van der Waals surface area contributed by atoms with E-state index in [1.807, 2.05) is 37.8 Å². The second-order valence-electron chi connectivity index (χ2n) is 6.29. The Bertz CT molecular complexity index is 837. The molecule has 1 aliphatic rings. The number of carbonyl (C=O) groups is 1. The SMILES string of the molecule is Cc1cc(OCC(=O)N2CCC2C)c2c(C)c(C)c(=O)oc2c1. The Kier molecular flexibility index (Phi) is 3.88. The van der Waals surface area contributed by atoms with Crippen molar-refractivity contribution in [3.63, 3.8) is 0 Å². The first kappa shape index (κ1) is 15.6. The minimum Gasteiger partial charge on any atom is -0.483 e. The molecule has 1 aromatic carbocycles. The molecule has 1 saturated heterocycles. The predicted octanol–water partition coefficient (Wildman–Crippen LogP) is 2.72. The second-order valence-corrected chi connectivity index (χ2v) is 6.29. The normalized spacial score (nSPS) is 17.2. The van der Waals surface area contributed by atoms with Crippen molar-refractivity contribution in [3.8, 4) is 5.75 Å². The Morgan fingerprint density at radius 2 is 2.04 bits per heavy atom. The highest BCUT2D eigenvalue weighted by Crippen LogP contribution is 2.31. The van der Waals surface area contributed by atoms with Gasteiger partial charge in [0.25, 0.3) is 5.91 Å². The molecule has 0 spiro atoms. The van der Waals surface area contributed by atoms with Crippen LogP contribution in [0.5, 0.6) is 5.75 Å². The number of benzene rings is 1. The number of aryl methyl sites for hydroxylation is 2. The maximum Gasteiger partial charge on any atom is 0.339 e. The van der Waals surface area contributed by atoms with E-state index < -0.39 is 0 Å². The lowest BCUT2D eigenvalue weighted by atomic mass is 10.0. The molecule has 1 fully saturated rings. The van der Waals surface area contributed by atoms with Crippen LogP contribution >= 0.6 is 0 Å². The van der Waals surface area contributed by atoms with Gasteiger partial charge in [-0.25, -0.2) is 4.79 Å². The van der Waals surface area contributed by atoms with Crippen LogP contribution in [0.4, 0.5) is 0 Å². The van der Waals surface area contributed by atoms with E-state index in [9.17, 15) is 9.59 Å². The minimum atomic E-state index is -0.336. The van der Waals surface area contributed by atoms with E-state index in [1.54, 1.807) is 6.92 Å². The third-order valence-electron chi connectivity index (χ3n) is 4.65. The molecule has 122 valence electrons. The largest absolute Gasteiger partial charge is 0.483 e. The van der Waals surface area contributed by atoms with Gasteiger partial charge in [-0.05, 0) is 57.4 Å². The fourth-order valence-corrected chi connectivity index (χ4v) is 2.91. The molecule has 5 nitrogen and oxygen atoms in total. The van der Waals surface area contributed by atoms with Gasteiger partial charge in [0.05, 0.1) is 5.39 Å². The summed E-state index contributed by atoms with van der Waals surface area (Å²) < 4.78 is 11.2. The number of likely N-dealkylation sites (tertiary alicyclic amines) is 1. The zero-order chi connectivity index (χ0) is 16.7. The van der Waals surface area contributed by atoms with Crippen molar-refractivity contribution >= 4 is 16.9 Å². The Morgan fingerprint density at radius 3 is 2.65 bits per heavy atom. The van der Waals surface area contributed by atoms with Gasteiger partial charge in [0.15, 0.2) is 6.61 Å². The Hall–Kier alpha value is -2.30. The summed E-state index contributed by atoms with van der Waals surface area (Å²) in [6.45, 7) is 8.34. The van der Waals surface area contributed by atoms with Crippen molar-refractivity contribution in [2.24, 2.45) is 0 Å². The third kappa shape index (κ3) is 2.71. The van der Waals surface area contributed by atoms with Crippen molar-refractivity contribution in [2.75, 3.05) is 13.2 Å². The lowest BCUT2D eigenvalue weighted by molar-refractivity contribution is -0.140. The molecule has 1 aromatic heterocycles. The predicted molar refractivity (Wildman–Crippen MR) is 88.0 cm³/mol. The van der Waals surface area contributed by atoms with Crippen LogP contribution < -0.4 is 10.4 Å². The average Bonchev–Trinajstić information content (AvgIpc) is 2.48. The summed E-state index contributed by atoms with van der Waals surface area (Å²) in [5, 5.41) is 0.761. The highest BCUT2D eigenvalue weighted by Gasteiger charge is 2.28. The van der Waals surface area contributed by atoms with Gasteiger partial charge < -0.3 is 14.1 Å². The van der Waals surface area contributed by atoms with Gasteiger partial charge in [0, 0.05) is 18.2 Å². The van der Waals surface area contributed by atoms with Gasteiger partial charge in [-0.2, -0.15) is 0 Å². The Labute approximate surface area is 134 Å². The van der Waals surface area contributed by atoms with Crippen molar-refractivity contribution in [3.05, 3.63) is 39.2 Å². The highest BCUT2D eigenvalue weighted by atomic mass is 16.5. The molecule has 2 aromatic rings. The van der Waals surface area contributed by atoms with Crippen LogP contribution in [0.25, 0.3) is 11.0 Å². The van der Waals surface area contributed by atoms with Crippen molar-refractivity contribution in [1.82, 2.24) is 4.90 Å². The Balaban J connectivity index is 1.95. The first-order valence-corrected chi connectivity index (χ1v) is 7.85. The van der Waals surface area contributed by atoms with Gasteiger partial charge in [0.2, 0.25) is 0 Å². The van der Waals surface area contributed by atoms with Crippen LogP contribution in [0.15, 0.2) is 21.3 Å². The molecule has 2 heterocycles. The number of rotatable bonds is 3. The van der Waals surface area contributed by atoms with E-state index in [-0.39, 0.29) is 18.1 Å². The molecule has 1 unspecified atom stereocenters. The maximum atomic E-state index is 12.2. The number of carbonyl (C=O) groups excluding carboxylic acids is 1. The first-order valence-electron chi connectivity index (χ1n) is 7.85. The zero-order valence-corrected chi connectivity index (χ0v) is 13.9. The highest BCUT2D eigenvalue weighted by molar-refractivity contribution is 5.88. The summed E-state index contributed by atoms with van der Waals surface area (Å²) in [7, 11) is 0. The van der Waals surface area contributed by atoms with Gasteiger partial charge in [-0.1, -0.05) is 0 Å². The molecule has 1 amide bonds. The van der Waals surface area contributed by atoms with E-state index in [2.05, 4.69) is 0 Å². The van der Waals surface area contributed by atoms with Gasteiger partial charge in [0.1, 0.15) is 11.3 Å². The van der Waals surface area contributed by atoms with E-state index in [0.29, 0.717) is 22.9 Å². The smallest absolute Gasteiger partial charge is 0.339 e. The van der Waals surface area contributed by atoms with Gasteiger partial charge in [-0.15, -0.1) is 0 Å². The quantitative estimate of drug-likeness (QED) is 0.817. The molecule has 0 saturated carbocycles. The summed E-state index contributed by atoms with van der Waals surface area (Å²) in [5.74, 6) is 0.580. The van der Waals surface area contributed by atoms with E-state index in [4.69, 9.17) is 9.15 Å². The molecule has 1 atom stereocenters. The number of fused-ring (bicyclic) bond motifs is 1. The molecule has 0 bridgehead atoms. The average molecular weight is 315 g/mol. The Morgan fingerprint density at radius 1 is 1.30 bits per heavy atom. The third-order valence-corrected chi connectivity index (χ3v) is 4.65. The van der Waals surface area contributed by atoms with E-state index in [0.717, 1.165) is 29.5 Å². The minimum absolute atomic E-state index is 0.000503. The van der Waals surface area contributed by atoms with Crippen LogP contribution in [0, 0.1) is 20.8 Å². The van der Waals surface area contributed by atoms with Crippen molar-refractivity contribution in [1.29, 1.82) is 0 Å². The topological polar surface area (TPSA) is 59.8 Å². The number of hydrogen-bond donors (Lipinski definition) is 0. The van der Waals surface area contributed by atoms with Gasteiger partial charge in [-0.3, -0.25) is 4.79 Å². The number of ether oxygens (including phenoxy) is 1. The maximum absolute atomic E-state index is 12.2.